The lowest BCUT2D eigenvalue weighted by Gasteiger charge is -2.15. The number of fused-ring (bicyclic) bond motifs is 1. The summed E-state index contributed by atoms with van der Waals surface area (Å²) in [4.78, 5) is 24.9. The molecular formula is C20H22ClNO7S. The third-order valence-electron chi connectivity index (χ3n) is 4.82. The van der Waals surface area contributed by atoms with Crippen LogP contribution in [0.25, 0.3) is 11.0 Å². The van der Waals surface area contributed by atoms with E-state index in [1.54, 1.807) is 19.9 Å². The number of carbonyl (C=O) groups is 1. The number of aryl methyl sites for hydroxylation is 1. The Hall–Kier alpha value is -2.36. The molecule has 1 fully saturated rings. The van der Waals surface area contributed by atoms with Crippen LogP contribution in [-0.2, 0) is 21.1 Å². The van der Waals surface area contributed by atoms with Gasteiger partial charge in [0.2, 0.25) is 5.91 Å². The van der Waals surface area contributed by atoms with Crippen LogP contribution >= 0.6 is 11.6 Å². The highest BCUT2D eigenvalue weighted by Gasteiger charge is 2.37. The number of aliphatic hydroxyl groups is 1. The molecule has 30 heavy (non-hydrogen) atoms. The average molecular weight is 456 g/mol. The first-order chi connectivity index (χ1) is 14.0. The fourth-order valence-corrected chi connectivity index (χ4v) is 5.25. The quantitative estimate of drug-likeness (QED) is 0.500. The predicted octanol–water partition coefficient (Wildman–Crippen LogP) is 1.53. The van der Waals surface area contributed by atoms with Crippen molar-refractivity contribution in [1.29, 1.82) is 0 Å². The summed E-state index contributed by atoms with van der Waals surface area (Å²) < 4.78 is 34.1. The molecule has 162 valence electrons. The third kappa shape index (κ3) is 4.85. The highest BCUT2D eigenvalue weighted by Crippen LogP contribution is 2.32. The molecule has 1 aromatic heterocycles. The zero-order chi connectivity index (χ0) is 22.2. The maximum absolute atomic E-state index is 12.5. The van der Waals surface area contributed by atoms with Crippen molar-refractivity contribution in [2.45, 2.75) is 32.4 Å². The monoisotopic (exact) mass is 455 g/mol. The Labute approximate surface area is 178 Å². The number of benzene rings is 1. The largest absolute Gasteiger partial charge is 0.488 e. The molecule has 1 aliphatic heterocycles. The third-order valence-corrected chi connectivity index (χ3v) is 6.83. The number of amides is 1. The number of sulfone groups is 1. The van der Waals surface area contributed by atoms with Gasteiger partial charge in [0.15, 0.2) is 9.84 Å². The van der Waals surface area contributed by atoms with Crippen LogP contribution in [0.5, 0.6) is 5.75 Å². The number of hydrogen-bond acceptors (Lipinski definition) is 7. The van der Waals surface area contributed by atoms with Crippen molar-refractivity contribution in [2.24, 2.45) is 0 Å². The summed E-state index contributed by atoms with van der Waals surface area (Å²) in [6.45, 7) is 7.48. The van der Waals surface area contributed by atoms with Gasteiger partial charge in [0.05, 0.1) is 40.7 Å². The highest BCUT2D eigenvalue weighted by atomic mass is 35.5. The Morgan fingerprint density at radius 3 is 2.70 bits per heavy atom. The van der Waals surface area contributed by atoms with Gasteiger partial charge in [0.25, 0.3) is 0 Å². The van der Waals surface area contributed by atoms with Gasteiger partial charge in [-0.2, -0.15) is 0 Å². The summed E-state index contributed by atoms with van der Waals surface area (Å²) in [5.41, 5.74) is 1.01. The van der Waals surface area contributed by atoms with Crippen LogP contribution in [0.15, 0.2) is 33.5 Å². The minimum atomic E-state index is -3.40. The van der Waals surface area contributed by atoms with Crippen molar-refractivity contribution in [1.82, 2.24) is 5.32 Å². The molecule has 0 aliphatic carbocycles. The van der Waals surface area contributed by atoms with Gasteiger partial charge in [-0.25, -0.2) is 13.2 Å². The van der Waals surface area contributed by atoms with E-state index >= 15 is 0 Å². The van der Waals surface area contributed by atoms with Gasteiger partial charge in [0.1, 0.15) is 17.9 Å². The van der Waals surface area contributed by atoms with Crippen LogP contribution in [0.3, 0.4) is 0 Å². The van der Waals surface area contributed by atoms with Gasteiger partial charge >= 0.3 is 5.63 Å². The second-order valence-electron chi connectivity index (χ2n) is 7.51. The summed E-state index contributed by atoms with van der Waals surface area (Å²) in [5.74, 6) is -0.980. The summed E-state index contributed by atoms with van der Waals surface area (Å²) in [6.07, 6.45) is -1.50. The lowest BCUT2D eigenvalue weighted by molar-refractivity contribution is -0.121. The first kappa shape index (κ1) is 22.3. The van der Waals surface area contributed by atoms with Crippen molar-refractivity contribution < 1.29 is 27.5 Å². The Balaban J connectivity index is 1.86. The number of hydrogen-bond donors (Lipinski definition) is 2. The Morgan fingerprint density at radius 1 is 1.40 bits per heavy atom. The van der Waals surface area contributed by atoms with E-state index in [1.165, 1.54) is 6.07 Å². The molecule has 0 saturated carbocycles. The zero-order valence-corrected chi connectivity index (χ0v) is 18.1. The van der Waals surface area contributed by atoms with Crippen LogP contribution in [-0.4, -0.2) is 49.7 Å². The normalized spacial score (nSPS) is 20.3. The minimum absolute atomic E-state index is 0.127. The molecule has 1 saturated heterocycles. The molecule has 0 bridgehead atoms. The van der Waals surface area contributed by atoms with Crippen LogP contribution in [0.4, 0.5) is 0 Å². The molecule has 8 nitrogen and oxygen atoms in total. The van der Waals surface area contributed by atoms with Crippen LogP contribution in [0.2, 0.25) is 5.02 Å². The van der Waals surface area contributed by atoms with Crippen molar-refractivity contribution in [3.63, 3.8) is 0 Å². The maximum Gasteiger partial charge on any atom is 0.340 e. The fourth-order valence-electron chi connectivity index (χ4n) is 3.29. The first-order valence-electron chi connectivity index (χ1n) is 9.17. The second-order valence-corrected chi connectivity index (χ2v) is 10.1. The summed E-state index contributed by atoms with van der Waals surface area (Å²) in [6, 6.07) is 2.20. The van der Waals surface area contributed by atoms with Gasteiger partial charge < -0.3 is 19.6 Å². The Morgan fingerprint density at radius 2 is 2.10 bits per heavy atom. The van der Waals surface area contributed by atoms with E-state index in [-0.39, 0.29) is 29.9 Å². The standard InChI is InChI=1S/C20H22ClNO7S/c1-10(2)7-28-18-6-17-12(4-14(18)21)11(3)13(20(25)29-17)5-19(24)22-15-8-30(26,27)9-16(15)23/h4,6,15-16,23H,1,5,7-9H2,2-3H3,(H,22,24)/t15-,16+/m1/s1. The van der Waals surface area contributed by atoms with Crippen LogP contribution in [0, 0.1) is 6.92 Å². The van der Waals surface area contributed by atoms with Crippen molar-refractivity contribution in [2.75, 3.05) is 18.1 Å². The van der Waals surface area contributed by atoms with E-state index < -0.39 is 39.3 Å². The van der Waals surface area contributed by atoms with Gasteiger partial charge in [-0.3, -0.25) is 4.79 Å². The van der Waals surface area contributed by atoms with E-state index in [2.05, 4.69) is 11.9 Å². The molecule has 2 N–H and O–H groups in total. The predicted molar refractivity (Wildman–Crippen MR) is 113 cm³/mol. The van der Waals surface area contributed by atoms with Crippen LogP contribution in [0.1, 0.15) is 18.1 Å². The minimum Gasteiger partial charge on any atom is -0.488 e. The van der Waals surface area contributed by atoms with Crippen molar-refractivity contribution >= 4 is 38.3 Å². The molecule has 2 heterocycles. The molecule has 3 rings (SSSR count). The van der Waals surface area contributed by atoms with Gasteiger partial charge in [-0.05, 0) is 31.1 Å². The molecule has 1 aromatic carbocycles. The van der Waals surface area contributed by atoms with E-state index in [0.29, 0.717) is 21.7 Å². The summed E-state index contributed by atoms with van der Waals surface area (Å²) in [5, 5.41) is 13.2. The molecule has 2 atom stereocenters. The molecule has 10 heteroatoms. The smallest absolute Gasteiger partial charge is 0.340 e. The lowest BCUT2D eigenvalue weighted by Crippen LogP contribution is -2.43. The Kier molecular flexibility index (Phi) is 6.26. The first-order valence-corrected chi connectivity index (χ1v) is 11.4. The van der Waals surface area contributed by atoms with Gasteiger partial charge in [-0.1, -0.05) is 18.2 Å². The topological polar surface area (TPSA) is 123 Å². The molecule has 1 amide bonds. The molecule has 1 aliphatic rings. The molecule has 2 aromatic rings. The van der Waals surface area contributed by atoms with Crippen LogP contribution < -0.4 is 15.7 Å². The highest BCUT2D eigenvalue weighted by molar-refractivity contribution is 7.91. The number of nitrogens with one attached hydrogen (secondary N) is 1. The number of rotatable bonds is 6. The summed E-state index contributed by atoms with van der Waals surface area (Å²) in [7, 11) is -3.40. The van der Waals surface area contributed by atoms with Crippen molar-refractivity contribution in [3.8, 4) is 5.75 Å². The van der Waals surface area contributed by atoms with E-state index in [4.69, 9.17) is 20.8 Å². The van der Waals surface area contributed by atoms with E-state index in [9.17, 15) is 23.1 Å². The fraction of sp³-hybridized carbons (Fsp3) is 0.400. The Bertz CT molecular complexity index is 1190. The lowest BCUT2D eigenvalue weighted by atomic mass is 10.0. The number of ether oxygens (including phenoxy) is 1. The SMILES string of the molecule is C=C(C)COc1cc2oc(=O)c(CC(=O)N[C@@H]3CS(=O)(=O)C[C@@H]3O)c(C)c2cc1Cl. The molecular weight excluding hydrogens is 434 g/mol. The number of carbonyl (C=O) groups excluding carboxylic acids is 1. The van der Waals surface area contributed by atoms with E-state index in [0.717, 1.165) is 5.57 Å². The zero-order valence-electron chi connectivity index (χ0n) is 16.5. The maximum atomic E-state index is 12.5. The number of aliphatic hydroxyl groups excluding tert-OH is 1. The molecule has 0 radical (unpaired) electrons. The second kappa shape index (κ2) is 8.41. The van der Waals surface area contributed by atoms with Gasteiger partial charge in [0, 0.05) is 11.5 Å². The summed E-state index contributed by atoms with van der Waals surface area (Å²) >= 11 is 6.27. The van der Waals surface area contributed by atoms with Crippen molar-refractivity contribution in [3.05, 3.63) is 50.9 Å². The van der Waals surface area contributed by atoms with Gasteiger partial charge in [-0.15, -0.1) is 0 Å². The number of halogens is 1. The average Bonchev–Trinajstić information content (AvgIpc) is 2.89. The van der Waals surface area contributed by atoms with E-state index in [1.807, 2.05) is 0 Å². The molecule has 0 unspecified atom stereocenters. The molecule has 0 spiro atoms.